The highest BCUT2D eigenvalue weighted by Gasteiger charge is 2.25. The molecule has 0 aliphatic carbocycles. The molecular weight excluding hydrogens is 274 g/mol. The van der Waals surface area contributed by atoms with Gasteiger partial charge in [0.15, 0.2) is 5.78 Å². The van der Waals surface area contributed by atoms with E-state index in [-0.39, 0.29) is 11.0 Å². The van der Waals surface area contributed by atoms with E-state index in [0.717, 1.165) is 23.1 Å². The molecule has 1 saturated heterocycles. The molecule has 0 spiro atoms. The Labute approximate surface area is 102 Å². The predicted molar refractivity (Wildman–Crippen MR) is 68.4 cm³/mol. The zero-order chi connectivity index (χ0) is 10.8. The van der Waals surface area contributed by atoms with Crippen molar-refractivity contribution in [3.63, 3.8) is 0 Å². The van der Waals surface area contributed by atoms with Crippen LogP contribution in [0.2, 0.25) is 0 Å². The fourth-order valence-electron chi connectivity index (χ4n) is 1.70. The van der Waals surface area contributed by atoms with Crippen LogP contribution in [0.1, 0.15) is 23.2 Å². The van der Waals surface area contributed by atoms with E-state index >= 15 is 0 Å². The summed E-state index contributed by atoms with van der Waals surface area (Å²) in [5.74, 6) is 1.26. The molecule has 1 fully saturated rings. The fourth-order valence-corrected chi connectivity index (χ4v) is 3.29. The third-order valence-corrected chi connectivity index (χ3v) is 4.37. The van der Waals surface area contributed by atoms with E-state index in [1.54, 1.807) is 17.8 Å². The van der Waals surface area contributed by atoms with Gasteiger partial charge in [-0.3, -0.25) is 4.79 Å². The van der Waals surface area contributed by atoms with Gasteiger partial charge in [0.05, 0.1) is 5.25 Å². The molecule has 1 atom stereocenters. The summed E-state index contributed by atoms with van der Waals surface area (Å²) in [6, 6.07) is 5.45. The molecule has 1 aromatic carbocycles. The van der Waals surface area contributed by atoms with E-state index in [9.17, 15) is 4.79 Å². The van der Waals surface area contributed by atoms with Crippen molar-refractivity contribution in [3.8, 4) is 0 Å². The standard InChI is InChI=1S/C11H12BrNOS/c12-7-3-4-9(13)8(6-7)11(14)10-2-1-5-15-10/h3-4,6,10H,1-2,5,13H2. The zero-order valence-electron chi connectivity index (χ0n) is 8.20. The number of halogens is 1. The lowest BCUT2D eigenvalue weighted by Gasteiger charge is -2.09. The molecule has 1 heterocycles. The lowest BCUT2D eigenvalue weighted by molar-refractivity contribution is 0.0989. The predicted octanol–water partition coefficient (Wildman–Crippen LogP) is 3.11. The average Bonchev–Trinajstić information content (AvgIpc) is 2.74. The van der Waals surface area contributed by atoms with E-state index in [1.165, 1.54) is 0 Å². The van der Waals surface area contributed by atoms with Crippen LogP contribution in [0.15, 0.2) is 22.7 Å². The molecule has 15 heavy (non-hydrogen) atoms. The summed E-state index contributed by atoms with van der Waals surface area (Å²) in [6.45, 7) is 0. The van der Waals surface area contributed by atoms with E-state index in [4.69, 9.17) is 5.73 Å². The number of nitrogens with two attached hydrogens (primary N) is 1. The van der Waals surface area contributed by atoms with Gasteiger partial charge in [0.2, 0.25) is 0 Å². The van der Waals surface area contributed by atoms with Crippen molar-refractivity contribution in [3.05, 3.63) is 28.2 Å². The number of ketones is 1. The second-order valence-corrected chi connectivity index (χ2v) is 5.82. The van der Waals surface area contributed by atoms with E-state index < -0.39 is 0 Å². The molecule has 1 unspecified atom stereocenters. The molecule has 1 aliphatic heterocycles. The number of anilines is 1. The lowest BCUT2D eigenvalue weighted by Crippen LogP contribution is -2.15. The first-order valence-electron chi connectivity index (χ1n) is 4.89. The summed E-state index contributed by atoms with van der Waals surface area (Å²) in [5, 5.41) is 0.113. The number of Topliss-reactive ketones (excluding diaryl/α,β-unsaturated/α-hetero) is 1. The number of thioether (sulfide) groups is 1. The van der Waals surface area contributed by atoms with Crippen LogP contribution in [-0.4, -0.2) is 16.8 Å². The Morgan fingerprint density at radius 3 is 3.00 bits per heavy atom. The molecule has 2 N–H and O–H groups in total. The number of hydrogen-bond donors (Lipinski definition) is 1. The van der Waals surface area contributed by atoms with Crippen LogP contribution in [0.5, 0.6) is 0 Å². The topological polar surface area (TPSA) is 43.1 Å². The highest BCUT2D eigenvalue weighted by atomic mass is 79.9. The Kier molecular flexibility index (Phi) is 3.36. The molecule has 2 rings (SSSR count). The van der Waals surface area contributed by atoms with Crippen LogP contribution < -0.4 is 5.73 Å². The first-order chi connectivity index (χ1) is 7.18. The second-order valence-electron chi connectivity index (χ2n) is 3.60. The van der Waals surface area contributed by atoms with Crippen LogP contribution in [0, 0.1) is 0 Å². The Morgan fingerprint density at radius 2 is 2.33 bits per heavy atom. The Hall–Kier alpha value is -0.480. The molecule has 0 saturated carbocycles. The summed E-state index contributed by atoms with van der Waals surface area (Å²) < 4.78 is 0.906. The van der Waals surface area contributed by atoms with E-state index in [1.807, 2.05) is 12.1 Å². The van der Waals surface area contributed by atoms with Gasteiger partial charge in [-0.15, -0.1) is 0 Å². The van der Waals surface area contributed by atoms with E-state index in [0.29, 0.717) is 11.3 Å². The molecule has 0 amide bonds. The smallest absolute Gasteiger partial charge is 0.177 e. The van der Waals surface area contributed by atoms with Gasteiger partial charge in [-0.05, 0) is 36.8 Å². The quantitative estimate of drug-likeness (QED) is 0.671. The number of nitrogen functional groups attached to an aromatic ring is 1. The third-order valence-electron chi connectivity index (χ3n) is 2.50. The summed E-state index contributed by atoms with van der Waals surface area (Å²) in [7, 11) is 0. The average molecular weight is 286 g/mol. The van der Waals surface area contributed by atoms with Crippen molar-refractivity contribution in [1.82, 2.24) is 0 Å². The number of carbonyl (C=O) groups is 1. The maximum Gasteiger partial charge on any atom is 0.177 e. The summed E-state index contributed by atoms with van der Waals surface area (Å²) in [4.78, 5) is 12.1. The van der Waals surface area contributed by atoms with Crippen LogP contribution in [-0.2, 0) is 0 Å². The van der Waals surface area contributed by atoms with Gasteiger partial charge in [0.1, 0.15) is 0 Å². The molecular formula is C11H12BrNOS. The highest BCUT2D eigenvalue weighted by molar-refractivity contribution is 9.10. The molecule has 2 nitrogen and oxygen atoms in total. The van der Waals surface area contributed by atoms with Crippen molar-refractivity contribution in [1.29, 1.82) is 0 Å². The van der Waals surface area contributed by atoms with Gasteiger partial charge >= 0.3 is 0 Å². The zero-order valence-corrected chi connectivity index (χ0v) is 10.6. The van der Waals surface area contributed by atoms with Crippen LogP contribution in [0.4, 0.5) is 5.69 Å². The molecule has 1 aromatic rings. The SMILES string of the molecule is Nc1ccc(Br)cc1C(=O)C1CCCS1. The minimum absolute atomic E-state index is 0.113. The minimum atomic E-state index is 0.113. The molecule has 4 heteroatoms. The van der Waals surface area contributed by atoms with Crippen molar-refractivity contribution in [2.24, 2.45) is 0 Å². The Bertz CT molecular complexity index is 388. The third kappa shape index (κ3) is 2.37. The normalized spacial score (nSPS) is 20.5. The van der Waals surface area contributed by atoms with Crippen molar-refractivity contribution in [2.45, 2.75) is 18.1 Å². The van der Waals surface area contributed by atoms with Crippen molar-refractivity contribution >= 4 is 39.2 Å². The van der Waals surface area contributed by atoms with Gasteiger partial charge in [-0.2, -0.15) is 11.8 Å². The first kappa shape index (κ1) is 11.0. The molecule has 80 valence electrons. The number of rotatable bonds is 2. The van der Waals surface area contributed by atoms with Crippen molar-refractivity contribution < 1.29 is 4.79 Å². The summed E-state index contributed by atoms with van der Waals surface area (Å²) in [5.41, 5.74) is 7.04. The Morgan fingerprint density at radius 1 is 1.53 bits per heavy atom. The summed E-state index contributed by atoms with van der Waals surface area (Å²) >= 11 is 5.10. The van der Waals surface area contributed by atoms with Gasteiger partial charge in [-0.25, -0.2) is 0 Å². The number of carbonyl (C=O) groups excluding carboxylic acids is 1. The highest BCUT2D eigenvalue weighted by Crippen LogP contribution is 2.31. The largest absolute Gasteiger partial charge is 0.398 e. The molecule has 1 aliphatic rings. The minimum Gasteiger partial charge on any atom is -0.398 e. The first-order valence-corrected chi connectivity index (χ1v) is 6.73. The monoisotopic (exact) mass is 285 g/mol. The van der Waals surface area contributed by atoms with Gasteiger partial charge < -0.3 is 5.73 Å². The van der Waals surface area contributed by atoms with Gasteiger partial charge in [0, 0.05) is 15.7 Å². The van der Waals surface area contributed by atoms with Gasteiger partial charge in [0.25, 0.3) is 0 Å². The summed E-state index contributed by atoms with van der Waals surface area (Å²) in [6.07, 6.45) is 2.12. The van der Waals surface area contributed by atoms with Crippen LogP contribution >= 0.6 is 27.7 Å². The number of benzene rings is 1. The fraction of sp³-hybridized carbons (Fsp3) is 0.364. The Balaban J connectivity index is 2.27. The van der Waals surface area contributed by atoms with Crippen LogP contribution in [0.25, 0.3) is 0 Å². The van der Waals surface area contributed by atoms with E-state index in [2.05, 4.69) is 15.9 Å². The molecule has 0 aromatic heterocycles. The lowest BCUT2D eigenvalue weighted by atomic mass is 10.0. The maximum atomic E-state index is 12.1. The molecule has 0 bridgehead atoms. The van der Waals surface area contributed by atoms with Gasteiger partial charge in [-0.1, -0.05) is 15.9 Å². The maximum absolute atomic E-state index is 12.1. The van der Waals surface area contributed by atoms with Crippen molar-refractivity contribution in [2.75, 3.05) is 11.5 Å². The second kappa shape index (κ2) is 4.58. The van der Waals surface area contributed by atoms with Crippen LogP contribution in [0.3, 0.4) is 0 Å². The molecule has 0 radical (unpaired) electrons. The number of hydrogen-bond acceptors (Lipinski definition) is 3.